The van der Waals surface area contributed by atoms with Gasteiger partial charge in [-0.2, -0.15) is 0 Å². The van der Waals surface area contributed by atoms with Gasteiger partial charge in [-0.1, -0.05) is 172 Å². The lowest BCUT2D eigenvalue weighted by atomic mass is 9.82. The van der Waals surface area contributed by atoms with Crippen molar-refractivity contribution in [1.29, 1.82) is 0 Å². The average Bonchev–Trinajstić information content (AvgIpc) is 4.13. The van der Waals surface area contributed by atoms with Crippen molar-refractivity contribution in [3.63, 3.8) is 0 Å². The third-order valence-corrected chi connectivity index (χ3v) is 18.9. The zero-order chi connectivity index (χ0) is 50.8. The van der Waals surface area contributed by atoms with Crippen LogP contribution < -0.4 is 14.5 Å². The van der Waals surface area contributed by atoms with E-state index < -0.39 is 68.5 Å². The van der Waals surface area contributed by atoms with E-state index in [4.69, 9.17) is 23.4 Å². The molecule has 5 nitrogen and oxygen atoms in total. The molecule has 1 spiro atoms. The van der Waals surface area contributed by atoms with Crippen molar-refractivity contribution < 1.29 is 23.0 Å². The summed E-state index contributed by atoms with van der Waals surface area (Å²) in [7, 11) is -1.57. The van der Waals surface area contributed by atoms with E-state index in [1.54, 1.807) is 28.0 Å². The van der Waals surface area contributed by atoms with E-state index in [9.17, 15) is 0 Å². The second kappa shape index (κ2) is 14.8. The first-order valence-electron chi connectivity index (χ1n) is 26.6. The minimum atomic E-state index is -1.57. The van der Waals surface area contributed by atoms with E-state index in [1.807, 2.05) is 59.2 Å². The molecule has 12 rings (SSSR count). The van der Waals surface area contributed by atoms with Crippen molar-refractivity contribution >= 4 is 46.1 Å². The molecule has 0 radical (unpaired) electrons. The molecule has 5 heterocycles. The maximum absolute atomic E-state index is 9.04. The Kier molecular flexibility index (Phi) is 6.71. The molecule has 0 unspecified atom stereocenters. The summed E-state index contributed by atoms with van der Waals surface area (Å²) in [6.45, 7) is 4.77. The van der Waals surface area contributed by atoms with Gasteiger partial charge in [0, 0.05) is 23.0 Å². The van der Waals surface area contributed by atoms with Crippen molar-refractivity contribution in [2.24, 2.45) is 0 Å². The number of benzene rings is 7. The van der Waals surface area contributed by atoms with Crippen molar-refractivity contribution in [2.75, 3.05) is 0 Å². The molecule has 0 aliphatic carbocycles. The zero-order valence-corrected chi connectivity index (χ0v) is 36.0. The Morgan fingerprint density at radius 3 is 2.10 bits per heavy atom. The van der Waals surface area contributed by atoms with E-state index in [1.165, 1.54) is 43.0 Å². The van der Waals surface area contributed by atoms with Crippen LogP contribution in [0.2, 0.25) is 18.1 Å². The molecule has 3 aromatic heterocycles. The molecule has 1 fully saturated rings. The molecular formula is C57H48N4OSi. The smallest absolute Gasteiger partial charge is 0.269 e. The highest BCUT2D eigenvalue weighted by molar-refractivity contribution is 6.93. The van der Waals surface area contributed by atoms with Crippen LogP contribution in [-0.2, 0) is 5.41 Å². The Morgan fingerprint density at radius 2 is 1.33 bits per heavy atom. The predicted octanol–water partition coefficient (Wildman–Crippen LogP) is 13.5. The molecular weight excluding hydrogens is 785 g/mol. The molecule has 10 aromatic rings. The topological polar surface area (TPSA) is 35.9 Å². The third-order valence-electron chi connectivity index (χ3n) is 13.5. The highest BCUT2D eigenvalue weighted by atomic mass is 28.3. The predicted molar refractivity (Wildman–Crippen MR) is 260 cm³/mol. The highest BCUT2D eigenvalue weighted by Gasteiger charge is 2.46. The minimum absolute atomic E-state index is 0.0496. The molecule has 6 heteroatoms. The van der Waals surface area contributed by atoms with Gasteiger partial charge in [-0.05, 0) is 87.3 Å². The summed E-state index contributed by atoms with van der Waals surface area (Å²) >= 11 is 0. The highest BCUT2D eigenvalue weighted by Crippen LogP contribution is 2.45. The van der Waals surface area contributed by atoms with Gasteiger partial charge < -0.3 is 4.74 Å². The number of hydrogen-bond donors (Lipinski definition) is 0. The molecule has 0 saturated carbocycles. The van der Waals surface area contributed by atoms with Gasteiger partial charge >= 0.3 is 0 Å². The summed E-state index contributed by atoms with van der Waals surface area (Å²) in [5.74, 6) is 2.06. The standard InChI is InChI=1S/C57H48N4OSi/c1-57(2)31-34-63(32-13-14-33-63)54-38-58-55(37-49(54)57)61-50-26-10-9-23-47(50)48-30-29-44(36-53(48)61)62-43-22-15-21-42(35-43)59-39-60(52-28-12-11-27-51(52)59)56-45(40-17-5-3-6-18-40)24-16-25-46(56)41-19-7-4-8-20-41/h3-12,15-30,35-38H,13-14,31-34H2,1-2H3/i3D,4D,5D,6D,7D,8D,17D,18D,19D,20D. The second-order valence-electron chi connectivity index (χ2n) is 17.6. The van der Waals surface area contributed by atoms with E-state index in [-0.39, 0.29) is 33.4 Å². The Balaban J connectivity index is 0.998. The largest absolute Gasteiger partial charge is 0.458 e. The summed E-state index contributed by atoms with van der Waals surface area (Å²) < 4.78 is 99.7. The Morgan fingerprint density at radius 1 is 0.667 bits per heavy atom. The fourth-order valence-corrected chi connectivity index (χ4v) is 16.2. The van der Waals surface area contributed by atoms with Crippen LogP contribution in [0.25, 0.3) is 72.3 Å². The molecule has 306 valence electrons. The molecule has 63 heavy (non-hydrogen) atoms. The molecule has 0 atom stereocenters. The number of aromatic nitrogens is 4. The first kappa shape index (κ1) is 28.6. The van der Waals surface area contributed by atoms with Gasteiger partial charge in [0.1, 0.15) is 17.3 Å². The Hall–Kier alpha value is -7.02. The number of pyridine rings is 1. The Bertz CT molecular complexity index is 3830. The van der Waals surface area contributed by atoms with E-state index in [0.717, 1.165) is 27.6 Å². The number of nitrogens with zero attached hydrogens (tertiary/aromatic N) is 4. The maximum Gasteiger partial charge on any atom is 0.269 e. The number of hydrogen-bond acceptors (Lipinski definition) is 2. The van der Waals surface area contributed by atoms with Crippen molar-refractivity contribution in [3.8, 4) is 50.9 Å². The Labute approximate surface area is 383 Å². The van der Waals surface area contributed by atoms with E-state index >= 15 is 0 Å². The van der Waals surface area contributed by atoms with E-state index in [2.05, 4.69) is 73.4 Å². The van der Waals surface area contributed by atoms with Crippen LogP contribution in [0, 0.1) is 6.33 Å². The van der Waals surface area contributed by atoms with Gasteiger partial charge in [0.15, 0.2) is 0 Å². The maximum atomic E-state index is 9.04. The number of ether oxygens (including phenoxy) is 1. The first-order chi connectivity index (χ1) is 35.1. The van der Waals surface area contributed by atoms with Crippen molar-refractivity contribution in [1.82, 2.24) is 14.1 Å². The normalized spacial score (nSPS) is 17.6. The van der Waals surface area contributed by atoms with Crippen LogP contribution >= 0.6 is 0 Å². The summed E-state index contributed by atoms with van der Waals surface area (Å²) in [5, 5.41) is 3.76. The number of imidazole rings is 1. The van der Waals surface area contributed by atoms with Crippen molar-refractivity contribution in [2.45, 2.75) is 56.7 Å². The fraction of sp³-hybridized carbons (Fsp3) is 0.158. The van der Waals surface area contributed by atoms with Gasteiger partial charge in [0.25, 0.3) is 6.33 Å². The number of rotatable bonds is 7. The molecule has 7 aromatic carbocycles. The summed E-state index contributed by atoms with van der Waals surface area (Å²) in [4.78, 5) is 5.27. The fourth-order valence-electron chi connectivity index (χ4n) is 10.4. The molecule has 0 amide bonds. The van der Waals surface area contributed by atoms with Gasteiger partial charge in [-0.25, -0.2) is 4.98 Å². The summed E-state index contributed by atoms with van der Waals surface area (Å²) in [5.41, 5.74) is 5.72. The number of fused-ring (bicyclic) bond motifs is 6. The van der Waals surface area contributed by atoms with Crippen LogP contribution in [0.3, 0.4) is 0 Å². The summed E-state index contributed by atoms with van der Waals surface area (Å²) in [6.07, 6.45) is 9.55. The quantitative estimate of drug-likeness (QED) is 0.0910. The van der Waals surface area contributed by atoms with Gasteiger partial charge in [0.2, 0.25) is 0 Å². The minimum Gasteiger partial charge on any atom is -0.458 e. The van der Waals surface area contributed by atoms with Crippen LogP contribution in [0.1, 0.15) is 52.4 Å². The van der Waals surface area contributed by atoms with Crippen LogP contribution in [0.5, 0.6) is 11.5 Å². The average molecular weight is 843 g/mol. The molecule has 2 aliphatic heterocycles. The lowest BCUT2D eigenvalue weighted by Gasteiger charge is -2.42. The molecule has 1 saturated heterocycles. The lowest BCUT2D eigenvalue weighted by Crippen LogP contribution is -2.53. The first-order valence-corrected chi connectivity index (χ1v) is 24.3. The number of para-hydroxylation sites is 4. The van der Waals surface area contributed by atoms with Crippen LogP contribution in [-0.4, -0.2) is 22.2 Å². The zero-order valence-electron chi connectivity index (χ0n) is 45.0. The van der Waals surface area contributed by atoms with Crippen LogP contribution in [0.4, 0.5) is 0 Å². The van der Waals surface area contributed by atoms with Gasteiger partial charge in [-0.15, -0.1) is 0 Å². The molecule has 0 bridgehead atoms. The summed E-state index contributed by atoms with van der Waals surface area (Å²) in [6, 6.07) is 35.7. The van der Waals surface area contributed by atoms with Gasteiger partial charge in [0.05, 0.1) is 55.2 Å². The molecule has 2 aliphatic rings. The van der Waals surface area contributed by atoms with Gasteiger partial charge in [-0.3, -0.25) is 13.7 Å². The SMILES string of the molecule is [2H]c1c([2H])c([2H])c(-c2cccc(-c3c([2H])c([2H])c([2H])c([2H])c3[2H])c2-[n+]2[c-]n(-c3cccc(Oc4ccc5c6ccccc6n(-c6cc7c(cn6)[Si]6(CCCC6)CCC7(C)C)c5c4)c3)c3ccccc32)c([2H])c1[2H]. The monoisotopic (exact) mass is 842 g/mol. The lowest BCUT2D eigenvalue weighted by molar-refractivity contribution is -0.571. The van der Waals surface area contributed by atoms with Crippen LogP contribution in [0.15, 0.2) is 182 Å². The van der Waals surface area contributed by atoms with Crippen molar-refractivity contribution in [3.05, 3.63) is 194 Å². The third kappa shape index (κ3) is 6.26. The molecule has 0 N–H and O–H groups in total. The van der Waals surface area contributed by atoms with E-state index in [0.29, 0.717) is 28.2 Å². The second-order valence-corrected chi connectivity index (χ2v) is 22.2.